The highest BCUT2D eigenvalue weighted by molar-refractivity contribution is 7.89. The molecular formula is C17H17ClN2O6S. The maximum Gasteiger partial charge on any atom is 0.341 e. The molecule has 10 heteroatoms. The molecule has 0 spiro atoms. The molecule has 0 aliphatic heterocycles. The number of rotatable bonds is 7. The molecule has 1 atom stereocenters. The molecule has 0 aliphatic carbocycles. The zero-order valence-electron chi connectivity index (χ0n) is 14.2. The molecule has 2 aromatic carbocycles. The lowest BCUT2D eigenvalue weighted by molar-refractivity contribution is -0.139. The molecule has 8 nitrogen and oxygen atoms in total. The van der Waals surface area contributed by atoms with Crippen molar-refractivity contribution in [2.45, 2.75) is 17.9 Å². The van der Waals surface area contributed by atoms with Crippen LogP contribution in [-0.4, -0.2) is 32.0 Å². The summed E-state index contributed by atoms with van der Waals surface area (Å²) in [5, 5.41) is 16.4. The fourth-order valence-corrected chi connectivity index (χ4v) is 3.40. The average molecular weight is 413 g/mol. The van der Waals surface area contributed by atoms with Gasteiger partial charge in [-0.1, -0.05) is 29.8 Å². The van der Waals surface area contributed by atoms with Crippen molar-refractivity contribution in [1.82, 2.24) is 5.32 Å². The monoisotopic (exact) mass is 412 g/mol. The number of sulfonamides is 1. The number of nitrogens with two attached hydrogens (primary N) is 1. The van der Waals surface area contributed by atoms with Crippen LogP contribution in [0.1, 0.15) is 28.9 Å². The second-order valence-electron chi connectivity index (χ2n) is 5.61. The molecule has 4 N–H and O–H groups in total. The van der Waals surface area contributed by atoms with Crippen LogP contribution in [0.25, 0.3) is 0 Å². The summed E-state index contributed by atoms with van der Waals surface area (Å²) in [5.41, 5.74) is 0.618. The first-order valence-electron chi connectivity index (χ1n) is 7.66. The van der Waals surface area contributed by atoms with Gasteiger partial charge in [-0.05, 0) is 31.2 Å². The van der Waals surface area contributed by atoms with Crippen LogP contribution in [0.5, 0.6) is 5.75 Å². The molecule has 0 heterocycles. The number of carboxylic acid groups (broad SMARTS) is 1. The first kappa shape index (κ1) is 20.7. The Morgan fingerprint density at radius 1 is 1.26 bits per heavy atom. The average Bonchev–Trinajstić information content (AvgIpc) is 2.59. The van der Waals surface area contributed by atoms with E-state index in [-0.39, 0.29) is 15.5 Å². The Hall–Kier alpha value is -2.62. The third kappa shape index (κ3) is 5.43. The molecule has 144 valence electrons. The van der Waals surface area contributed by atoms with E-state index in [1.165, 1.54) is 12.1 Å². The van der Waals surface area contributed by atoms with E-state index in [0.29, 0.717) is 11.3 Å². The molecule has 0 aliphatic rings. The van der Waals surface area contributed by atoms with Crippen LogP contribution in [0.3, 0.4) is 0 Å². The van der Waals surface area contributed by atoms with Crippen molar-refractivity contribution in [2.24, 2.45) is 5.14 Å². The Morgan fingerprint density at radius 2 is 1.93 bits per heavy atom. The van der Waals surface area contributed by atoms with Crippen LogP contribution in [0, 0.1) is 0 Å². The van der Waals surface area contributed by atoms with Gasteiger partial charge in [-0.3, -0.25) is 4.79 Å². The van der Waals surface area contributed by atoms with Crippen LogP contribution < -0.4 is 15.2 Å². The van der Waals surface area contributed by atoms with Gasteiger partial charge in [-0.25, -0.2) is 18.4 Å². The van der Waals surface area contributed by atoms with E-state index in [0.717, 1.165) is 6.07 Å². The lowest BCUT2D eigenvalue weighted by atomic mass is 10.1. The van der Waals surface area contributed by atoms with Gasteiger partial charge >= 0.3 is 5.97 Å². The number of halogens is 1. The maximum atomic E-state index is 12.5. The zero-order valence-corrected chi connectivity index (χ0v) is 15.8. The SMILES string of the molecule is C[C@@H](NC(=O)c1ccc(Cl)c(S(N)(=O)=O)c1)c1ccccc1OCC(=O)O. The fourth-order valence-electron chi connectivity index (χ4n) is 2.33. The number of amides is 1. The van der Waals surface area contributed by atoms with Crippen molar-refractivity contribution in [3.63, 3.8) is 0 Å². The molecule has 0 bridgehead atoms. The largest absolute Gasteiger partial charge is 0.482 e. The molecule has 0 unspecified atom stereocenters. The Kier molecular flexibility index (Phi) is 6.42. The minimum atomic E-state index is -4.08. The summed E-state index contributed by atoms with van der Waals surface area (Å²) < 4.78 is 28.3. The van der Waals surface area contributed by atoms with E-state index in [9.17, 15) is 18.0 Å². The second-order valence-corrected chi connectivity index (χ2v) is 7.54. The van der Waals surface area contributed by atoms with Crippen molar-refractivity contribution in [2.75, 3.05) is 6.61 Å². The number of carboxylic acids is 1. The Balaban J connectivity index is 2.23. The van der Waals surface area contributed by atoms with Crippen molar-refractivity contribution in [3.05, 3.63) is 58.6 Å². The summed E-state index contributed by atoms with van der Waals surface area (Å²) in [6.07, 6.45) is 0. The van der Waals surface area contributed by atoms with E-state index >= 15 is 0 Å². The lowest BCUT2D eigenvalue weighted by Crippen LogP contribution is -2.27. The standard InChI is InChI=1S/C17H17ClN2O6S/c1-10(12-4-2-3-5-14(12)26-9-16(21)22)20-17(23)11-6-7-13(18)15(8-11)27(19,24)25/h2-8,10H,9H2,1H3,(H,20,23)(H,21,22)(H2,19,24,25)/t10-/m1/s1. The summed E-state index contributed by atoms with van der Waals surface area (Å²) in [6, 6.07) is 9.83. The Morgan fingerprint density at radius 3 is 2.56 bits per heavy atom. The predicted octanol–water partition coefficient (Wildman–Crippen LogP) is 1.94. The van der Waals surface area contributed by atoms with Crippen LogP contribution >= 0.6 is 11.6 Å². The van der Waals surface area contributed by atoms with E-state index in [1.54, 1.807) is 31.2 Å². The molecule has 0 saturated carbocycles. The van der Waals surface area contributed by atoms with E-state index in [2.05, 4.69) is 5.32 Å². The summed E-state index contributed by atoms with van der Waals surface area (Å²) in [7, 11) is -4.08. The first-order chi connectivity index (χ1) is 12.6. The van der Waals surface area contributed by atoms with Gasteiger partial charge in [0.05, 0.1) is 11.1 Å². The summed E-state index contributed by atoms with van der Waals surface area (Å²) in [4.78, 5) is 22.8. The van der Waals surface area contributed by atoms with E-state index < -0.39 is 34.5 Å². The number of primary sulfonamides is 1. The van der Waals surface area contributed by atoms with Crippen LogP contribution in [0.2, 0.25) is 5.02 Å². The van der Waals surface area contributed by atoms with Gasteiger partial charge in [-0.15, -0.1) is 0 Å². The van der Waals surface area contributed by atoms with Gasteiger partial charge in [-0.2, -0.15) is 0 Å². The Labute approximate surface area is 160 Å². The van der Waals surface area contributed by atoms with Crippen LogP contribution in [-0.2, 0) is 14.8 Å². The zero-order chi connectivity index (χ0) is 20.2. The highest BCUT2D eigenvalue weighted by atomic mass is 35.5. The molecule has 2 aromatic rings. The van der Waals surface area contributed by atoms with Gasteiger partial charge in [0.1, 0.15) is 10.6 Å². The molecule has 0 fully saturated rings. The van der Waals surface area contributed by atoms with Gasteiger partial charge in [0.15, 0.2) is 6.61 Å². The molecule has 0 radical (unpaired) electrons. The Bertz CT molecular complexity index is 977. The number of ether oxygens (including phenoxy) is 1. The van der Waals surface area contributed by atoms with Crippen molar-refractivity contribution < 1.29 is 27.9 Å². The number of benzene rings is 2. The normalized spacial score (nSPS) is 12.3. The smallest absolute Gasteiger partial charge is 0.341 e. The number of nitrogens with one attached hydrogen (secondary N) is 1. The number of hydrogen-bond donors (Lipinski definition) is 3. The summed E-state index contributed by atoms with van der Waals surface area (Å²) in [5.74, 6) is -1.37. The molecular weight excluding hydrogens is 396 g/mol. The topological polar surface area (TPSA) is 136 Å². The van der Waals surface area contributed by atoms with Crippen molar-refractivity contribution in [3.8, 4) is 5.75 Å². The van der Waals surface area contributed by atoms with Gasteiger partial charge in [0, 0.05) is 11.1 Å². The first-order valence-corrected chi connectivity index (χ1v) is 9.58. The van der Waals surface area contributed by atoms with Crippen LogP contribution in [0.4, 0.5) is 0 Å². The maximum absolute atomic E-state index is 12.5. The second kappa shape index (κ2) is 8.38. The molecule has 0 saturated heterocycles. The van der Waals surface area contributed by atoms with E-state index in [1.807, 2.05) is 0 Å². The molecule has 27 heavy (non-hydrogen) atoms. The highest BCUT2D eigenvalue weighted by Crippen LogP contribution is 2.26. The van der Waals surface area contributed by atoms with Crippen molar-refractivity contribution in [1.29, 1.82) is 0 Å². The minimum absolute atomic E-state index is 0.0548. The molecule has 2 rings (SSSR count). The van der Waals surface area contributed by atoms with Gasteiger partial charge in [0.2, 0.25) is 10.0 Å². The number of carbonyl (C=O) groups is 2. The van der Waals surface area contributed by atoms with E-state index in [4.69, 9.17) is 26.6 Å². The minimum Gasteiger partial charge on any atom is -0.482 e. The quantitative estimate of drug-likeness (QED) is 0.635. The summed E-state index contributed by atoms with van der Waals surface area (Å²) in [6.45, 7) is 1.16. The van der Waals surface area contributed by atoms with Crippen LogP contribution in [0.15, 0.2) is 47.4 Å². The number of aliphatic carboxylic acids is 1. The third-order valence-electron chi connectivity index (χ3n) is 3.58. The van der Waals surface area contributed by atoms with Gasteiger partial charge < -0.3 is 15.2 Å². The van der Waals surface area contributed by atoms with Crippen molar-refractivity contribution >= 4 is 33.5 Å². The summed E-state index contributed by atoms with van der Waals surface area (Å²) >= 11 is 5.81. The number of para-hydroxylation sites is 1. The third-order valence-corrected chi connectivity index (χ3v) is 4.98. The predicted molar refractivity (Wildman–Crippen MR) is 98.3 cm³/mol. The fraction of sp³-hybridized carbons (Fsp3) is 0.176. The molecule has 0 aromatic heterocycles. The molecule has 1 amide bonds. The van der Waals surface area contributed by atoms with Gasteiger partial charge in [0.25, 0.3) is 5.91 Å². The number of carbonyl (C=O) groups excluding carboxylic acids is 1. The number of hydrogen-bond acceptors (Lipinski definition) is 5. The lowest BCUT2D eigenvalue weighted by Gasteiger charge is -2.18. The highest BCUT2D eigenvalue weighted by Gasteiger charge is 2.19.